The minimum Gasteiger partial charge on any atom is -0.370 e. The van der Waals surface area contributed by atoms with Crippen LogP contribution in [0.3, 0.4) is 0 Å². The number of amides is 1. The Hall–Kier alpha value is -2.21. The van der Waals surface area contributed by atoms with E-state index in [2.05, 4.69) is 29.4 Å². The van der Waals surface area contributed by atoms with E-state index < -0.39 is 0 Å². The number of carbonyl (C=O) groups excluding carboxylic acids is 1. The molecule has 0 N–H and O–H groups in total. The van der Waals surface area contributed by atoms with Crippen molar-refractivity contribution in [1.29, 1.82) is 0 Å². The Kier molecular flexibility index (Phi) is 4.71. The lowest BCUT2D eigenvalue weighted by Crippen LogP contribution is -2.48. The summed E-state index contributed by atoms with van der Waals surface area (Å²) in [7, 11) is 0. The second-order valence-electron chi connectivity index (χ2n) is 5.99. The number of nitrogens with zero attached hydrogens (tertiary/aromatic N) is 4. The maximum atomic E-state index is 12.6. The van der Waals surface area contributed by atoms with Crippen LogP contribution in [0.5, 0.6) is 0 Å². The van der Waals surface area contributed by atoms with Gasteiger partial charge in [-0.1, -0.05) is 29.5 Å². The topological polar surface area (TPSA) is 60.2 Å². The van der Waals surface area contributed by atoms with Gasteiger partial charge in [0.25, 0.3) is 0 Å². The second kappa shape index (κ2) is 6.91. The van der Waals surface area contributed by atoms with Crippen LogP contribution in [0.15, 0.2) is 36.7 Å². The zero-order valence-electron chi connectivity index (χ0n) is 13.6. The van der Waals surface area contributed by atoms with Crippen molar-refractivity contribution in [2.24, 2.45) is 0 Å². The second-order valence-corrected chi connectivity index (χ2v) is 5.99. The van der Waals surface area contributed by atoms with Crippen LogP contribution in [0, 0.1) is 6.92 Å². The van der Waals surface area contributed by atoms with Crippen molar-refractivity contribution in [1.82, 2.24) is 19.9 Å². The van der Waals surface area contributed by atoms with Crippen molar-refractivity contribution >= 4 is 5.91 Å². The predicted molar refractivity (Wildman–Crippen MR) is 85.7 cm³/mol. The lowest BCUT2D eigenvalue weighted by atomic mass is 10.0. The van der Waals surface area contributed by atoms with Crippen molar-refractivity contribution in [3.63, 3.8) is 0 Å². The molecule has 1 aromatic heterocycles. The molecule has 1 saturated heterocycles. The van der Waals surface area contributed by atoms with Crippen molar-refractivity contribution < 1.29 is 9.53 Å². The van der Waals surface area contributed by atoms with Crippen molar-refractivity contribution in [3.05, 3.63) is 47.8 Å². The van der Waals surface area contributed by atoms with Gasteiger partial charge in [-0.2, -0.15) is 0 Å². The predicted octanol–water partition coefficient (Wildman–Crippen LogP) is 1.97. The maximum Gasteiger partial charge on any atom is 0.224 e. The largest absolute Gasteiger partial charge is 0.370 e. The van der Waals surface area contributed by atoms with Gasteiger partial charge in [0.1, 0.15) is 6.10 Å². The van der Waals surface area contributed by atoms with E-state index in [-0.39, 0.29) is 18.1 Å². The third-order valence-electron chi connectivity index (χ3n) is 4.32. The highest BCUT2D eigenvalue weighted by molar-refractivity contribution is 5.76. The number of carbonyl (C=O) groups is 1. The molecule has 1 fully saturated rings. The number of hydrogen-bond acceptors (Lipinski definition) is 4. The standard InChI is InChI=1S/C17H22N4O2/c1-13-5-3-4-6-15(13)16-11-21(14(2)12-23-16)17(22)7-9-20-10-8-18-19-20/h3-6,8,10,14,16H,7,9,11-12H2,1-2H3. The Labute approximate surface area is 136 Å². The molecule has 0 aliphatic carbocycles. The maximum absolute atomic E-state index is 12.6. The highest BCUT2D eigenvalue weighted by atomic mass is 16.5. The molecule has 1 aliphatic rings. The molecule has 1 aromatic carbocycles. The van der Waals surface area contributed by atoms with Gasteiger partial charge in [0, 0.05) is 12.6 Å². The van der Waals surface area contributed by atoms with E-state index in [9.17, 15) is 4.79 Å². The summed E-state index contributed by atoms with van der Waals surface area (Å²) in [4.78, 5) is 14.5. The molecule has 2 heterocycles. The quantitative estimate of drug-likeness (QED) is 0.865. The third kappa shape index (κ3) is 3.59. The summed E-state index contributed by atoms with van der Waals surface area (Å²) < 4.78 is 7.65. The smallest absolute Gasteiger partial charge is 0.224 e. The summed E-state index contributed by atoms with van der Waals surface area (Å²) >= 11 is 0. The van der Waals surface area contributed by atoms with Crippen LogP contribution in [-0.2, 0) is 16.1 Å². The van der Waals surface area contributed by atoms with Crippen LogP contribution >= 0.6 is 0 Å². The molecule has 2 aromatic rings. The Balaban J connectivity index is 1.66. The zero-order valence-corrected chi connectivity index (χ0v) is 13.6. The zero-order chi connectivity index (χ0) is 16.2. The van der Waals surface area contributed by atoms with Crippen LogP contribution in [0.1, 0.15) is 30.6 Å². The molecule has 6 nitrogen and oxygen atoms in total. The number of aromatic nitrogens is 3. The van der Waals surface area contributed by atoms with E-state index in [4.69, 9.17) is 4.74 Å². The first-order valence-corrected chi connectivity index (χ1v) is 7.96. The highest BCUT2D eigenvalue weighted by Crippen LogP contribution is 2.27. The van der Waals surface area contributed by atoms with Gasteiger partial charge >= 0.3 is 0 Å². The molecular weight excluding hydrogens is 292 g/mol. The number of morpholine rings is 1. The number of hydrogen-bond donors (Lipinski definition) is 0. The van der Waals surface area contributed by atoms with Gasteiger partial charge in [0.15, 0.2) is 0 Å². The van der Waals surface area contributed by atoms with E-state index in [0.29, 0.717) is 26.1 Å². The summed E-state index contributed by atoms with van der Waals surface area (Å²) in [6, 6.07) is 8.28. The van der Waals surface area contributed by atoms with Crippen molar-refractivity contribution in [3.8, 4) is 0 Å². The lowest BCUT2D eigenvalue weighted by Gasteiger charge is -2.38. The molecule has 1 aliphatic heterocycles. The van der Waals surface area contributed by atoms with Gasteiger partial charge in [-0.05, 0) is 25.0 Å². The lowest BCUT2D eigenvalue weighted by molar-refractivity contribution is -0.144. The van der Waals surface area contributed by atoms with Crippen LogP contribution in [0.25, 0.3) is 0 Å². The first-order valence-electron chi connectivity index (χ1n) is 7.96. The summed E-state index contributed by atoms with van der Waals surface area (Å²) in [6.07, 6.45) is 3.76. The fourth-order valence-corrected chi connectivity index (χ4v) is 2.95. The Morgan fingerprint density at radius 3 is 2.96 bits per heavy atom. The molecule has 3 rings (SSSR count). The van der Waals surface area contributed by atoms with E-state index in [1.165, 1.54) is 5.56 Å². The summed E-state index contributed by atoms with van der Waals surface area (Å²) in [5.41, 5.74) is 2.36. The molecule has 6 heteroatoms. The Morgan fingerprint density at radius 2 is 2.22 bits per heavy atom. The summed E-state index contributed by atoms with van der Waals surface area (Å²) in [6.45, 7) is 5.82. The third-order valence-corrected chi connectivity index (χ3v) is 4.32. The van der Waals surface area contributed by atoms with Crippen molar-refractivity contribution in [2.75, 3.05) is 13.2 Å². The molecule has 0 radical (unpaired) electrons. The summed E-state index contributed by atoms with van der Waals surface area (Å²) in [5, 5.41) is 7.65. The van der Waals surface area contributed by atoms with Crippen molar-refractivity contribution in [2.45, 2.75) is 39.0 Å². The molecule has 2 unspecified atom stereocenters. The highest BCUT2D eigenvalue weighted by Gasteiger charge is 2.30. The van der Waals surface area contributed by atoms with Gasteiger partial charge in [0.2, 0.25) is 5.91 Å². The van der Waals surface area contributed by atoms with Crippen LogP contribution < -0.4 is 0 Å². The monoisotopic (exact) mass is 314 g/mol. The van der Waals surface area contributed by atoms with E-state index in [1.807, 2.05) is 24.0 Å². The normalized spacial score (nSPS) is 21.4. The molecule has 1 amide bonds. The van der Waals surface area contributed by atoms with Crippen LogP contribution in [0.4, 0.5) is 0 Å². The molecular formula is C17H22N4O2. The molecule has 23 heavy (non-hydrogen) atoms. The van der Waals surface area contributed by atoms with E-state index in [0.717, 1.165) is 5.56 Å². The van der Waals surface area contributed by atoms with Crippen LogP contribution in [0.2, 0.25) is 0 Å². The van der Waals surface area contributed by atoms with Gasteiger partial charge < -0.3 is 9.64 Å². The Bertz CT molecular complexity index is 656. The average Bonchev–Trinajstić information content (AvgIpc) is 3.07. The minimum absolute atomic E-state index is 0.0530. The number of aryl methyl sites for hydroxylation is 2. The van der Waals surface area contributed by atoms with Gasteiger partial charge in [-0.3, -0.25) is 9.48 Å². The first-order chi connectivity index (χ1) is 11.1. The van der Waals surface area contributed by atoms with Crippen LogP contribution in [-0.4, -0.2) is 45.0 Å². The fraction of sp³-hybridized carbons (Fsp3) is 0.471. The number of benzene rings is 1. The summed E-state index contributed by atoms with van der Waals surface area (Å²) in [5.74, 6) is 0.134. The minimum atomic E-state index is -0.0530. The fourth-order valence-electron chi connectivity index (χ4n) is 2.95. The van der Waals surface area contributed by atoms with E-state index in [1.54, 1.807) is 17.1 Å². The Morgan fingerprint density at radius 1 is 1.39 bits per heavy atom. The van der Waals surface area contributed by atoms with Gasteiger partial charge in [-0.15, -0.1) is 5.10 Å². The molecule has 0 bridgehead atoms. The first kappa shape index (κ1) is 15.7. The molecule has 0 spiro atoms. The average molecular weight is 314 g/mol. The molecule has 0 saturated carbocycles. The van der Waals surface area contributed by atoms with E-state index >= 15 is 0 Å². The SMILES string of the molecule is Cc1ccccc1C1CN(C(=O)CCn2ccnn2)C(C)CO1. The molecule has 2 atom stereocenters. The van der Waals surface area contributed by atoms with Gasteiger partial charge in [-0.25, -0.2) is 0 Å². The molecule has 122 valence electrons. The number of rotatable bonds is 4. The van der Waals surface area contributed by atoms with Gasteiger partial charge in [0.05, 0.1) is 31.9 Å². The number of ether oxygens (including phenoxy) is 1.